The lowest BCUT2D eigenvalue weighted by atomic mass is 9.93. The molecular weight excluding hydrogens is 548 g/mol. The molecule has 1 aliphatic carbocycles. The monoisotopic (exact) mass is 568 g/mol. The summed E-state index contributed by atoms with van der Waals surface area (Å²) in [5, 5.41) is 4.93. The van der Waals surface area contributed by atoms with E-state index in [1.807, 2.05) is 0 Å². The molecule has 0 unspecified atom stereocenters. The molecule has 0 saturated carbocycles. The maximum atomic E-state index is 13.0. The predicted molar refractivity (Wildman–Crippen MR) is 136 cm³/mol. The number of aryl methyl sites for hydroxylation is 1. The Kier molecular flexibility index (Phi) is 8.17. The molecule has 0 aliphatic heterocycles. The van der Waals surface area contributed by atoms with Crippen molar-refractivity contribution in [1.82, 2.24) is 10.9 Å². The molecule has 1 aromatic heterocycles. The molecular formula is C25H21Cl2F3N4O4. The Balaban J connectivity index is 1.41. The van der Waals surface area contributed by atoms with E-state index in [0.29, 0.717) is 46.9 Å². The van der Waals surface area contributed by atoms with Crippen molar-refractivity contribution in [2.24, 2.45) is 5.10 Å². The number of alkyl halides is 3. The molecule has 200 valence electrons. The third-order valence-corrected chi connectivity index (χ3v) is 6.14. The van der Waals surface area contributed by atoms with Gasteiger partial charge < -0.3 is 9.15 Å². The van der Waals surface area contributed by atoms with Crippen molar-refractivity contribution in [1.29, 1.82) is 0 Å². The summed E-state index contributed by atoms with van der Waals surface area (Å²) < 4.78 is 50.1. The quantitative estimate of drug-likeness (QED) is 0.321. The van der Waals surface area contributed by atoms with Crippen LogP contribution in [0, 0.1) is 6.92 Å². The van der Waals surface area contributed by atoms with Crippen LogP contribution >= 0.6 is 23.2 Å². The first-order valence-electron chi connectivity index (χ1n) is 11.3. The Morgan fingerprint density at radius 3 is 2.63 bits per heavy atom. The van der Waals surface area contributed by atoms with Crippen LogP contribution in [0.3, 0.4) is 0 Å². The van der Waals surface area contributed by atoms with Crippen molar-refractivity contribution in [2.75, 3.05) is 12.0 Å². The highest BCUT2D eigenvalue weighted by Crippen LogP contribution is 2.32. The number of hydrogen-bond acceptors (Lipinski definition) is 6. The Morgan fingerprint density at radius 2 is 1.89 bits per heavy atom. The van der Waals surface area contributed by atoms with Crippen LogP contribution in [0.2, 0.25) is 10.0 Å². The zero-order valence-corrected chi connectivity index (χ0v) is 21.4. The third-order valence-electron chi connectivity index (χ3n) is 5.61. The molecule has 1 heterocycles. The second kappa shape index (κ2) is 11.4. The van der Waals surface area contributed by atoms with Gasteiger partial charge in [-0.1, -0.05) is 29.3 Å². The van der Waals surface area contributed by atoms with Crippen molar-refractivity contribution in [3.05, 3.63) is 80.7 Å². The number of carbonyl (C=O) groups is 2. The van der Waals surface area contributed by atoms with Crippen LogP contribution in [0.5, 0.6) is 5.75 Å². The molecule has 0 spiro atoms. The van der Waals surface area contributed by atoms with E-state index in [1.165, 1.54) is 24.3 Å². The summed E-state index contributed by atoms with van der Waals surface area (Å²) in [4.78, 5) is 24.8. The fraction of sp³-hybridized carbons (Fsp3) is 0.240. The molecule has 0 saturated heterocycles. The van der Waals surface area contributed by atoms with Gasteiger partial charge in [0.25, 0.3) is 5.91 Å². The van der Waals surface area contributed by atoms with Gasteiger partial charge in [0.2, 0.25) is 0 Å². The van der Waals surface area contributed by atoms with E-state index >= 15 is 0 Å². The lowest BCUT2D eigenvalue weighted by Gasteiger charge is -2.14. The SMILES string of the molecule is Cc1c(C(=O)NNC(=O)COc2ccc(Cl)cc2Cl)oc2c1/C(=N/Nc1cccc(C(F)(F)F)c1)CCC2. The average molecular weight is 569 g/mol. The summed E-state index contributed by atoms with van der Waals surface area (Å²) in [6, 6.07) is 9.21. The van der Waals surface area contributed by atoms with Crippen LogP contribution in [0.25, 0.3) is 0 Å². The molecule has 4 rings (SSSR count). The Hall–Kier alpha value is -3.70. The van der Waals surface area contributed by atoms with Gasteiger partial charge in [-0.15, -0.1) is 0 Å². The van der Waals surface area contributed by atoms with Crippen LogP contribution in [-0.2, 0) is 17.4 Å². The van der Waals surface area contributed by atoms with Crippen LogP contribution in [0.15, 0.2) is 52.0 Å². The Morgan fingerprint density at radius 1 is 1.11 bits per heavy atom. The average Bonchev–Trinajstić information content (AvgIpc) is 3.22. The number of nitrogens with one attached hydrogen (secondary N) is 3. The standard InChI is InChI=1S/C25H21Cl2F3N4O4/c1-13-22-18(32-31-16-5-2-4-14(10-16)25(28,29)30)6-3-7-20(22)38-23(13)24(36)34-33-21(35)12-37-19-9-8-15(26)11-17(19)27/h2,4-5,8-11,31H,3,6-7,12H2,1H3,(H,33,35)(H,34,36)/b32-18+. The van der Waals surface area contributed by atoms with Crippen molar-refractivity contribution in [2.45, 2.75) is 32.4 Å². The molecule has 3 aromatic rings. The molecule has 2 amide bonds. The zero-order valence-electron chi connectivity index (χ0n) is 19.8. The number of hydrogen-bond donors (Lipinski definition) is 3. The molecule has 3 N–H and O–H groups in total. The van der Waals surface area contributed by atoms with Crippen molar-refractivity contribution in [3.8, 4) is 5.75 Å². The van der Waals surface area contributed by atoms with E-state index < -0.39 is 30.2 Å². The van der Waals surface area contributed by atoms with E-state index in [1.54, 1.807) is 13.0 Å². The van der Waals surface area contributed by atoms with Crippen molar-refractivity contribution in [3.63, 3.8) is 0 Å². The summed E-state index contributed by atoms with van der Waals surface area (Å²) >= 11 is 11.8. The number of benzene rings is 2. The summed E-state index contributed by atoms with van der Waals surface area (Å²) in [6.45, 7) is 1.24. The first kappa shape index (κ1) is 27.3. The fourth-order valence-electron chi connectivity index (χ4n) is 3.85. The summed E-state index contributed by atoms with van der Waals surface area (Å²) in [5.41, 5.74) is 8.18. The largest absolute Gasteiger partial charge is 0.482 e. The number of ether oxygens (including phenoxy) is 1. The number of halogens is 5. The third kappa shape index (κ3) is 6.40. The lowest BCUT2D eigenvalue weighted by molar-refractivity contribution is -0.137. The smallest absolute Gasteiger partial charge is 0.416 e. The first-order valence-corrected chi connectivity index (χ1v) is 12.1. The molecule has 0 radical (unpaired) electrons. The second-order valence-electron chi connectivity index (χ2n) is 8.32. The topological polar surface area (TPSA) is 105 Å². The number of amides is 2. The van der Waals surface area contributed by atoms with Crippen LogP contribution in [0.1, 0.15) is 45.8 Å². The van der Waals surface area contributed by atoms with Gasteiger partial charge >= 0.3 is 12.1 Å². The van der Waals surface area contributed by atoms with Crippen molar-refractivity contribution < 1.29 is 31.9 Å². The van der Waals surface area contributed by atoms with E-state index in [9.17, 15) is 22.8 Å². The molecule has 8 nitrogen and oxygen atoms in total. The van der Waals surface area contributed by atoms with Gasteiger partial charge in [-0.25, -0.2) is 0 Å². The number of furan rings is 1. The second-order valence-corrected chi connectivity index (χ2v) is 9.17. The van der Waals surface area contributed by atoms with Crippen LogP contribution in [-0.4, -0.2) is 24.1 Å². The molecule has 0 fully saturated rings. The zero-order chi connectivity index (χ0) is 27.4. The van der Waals surface area contributed by atoms with Gasteiger partial charge in [0, 0.05) is 22.6 Å². The Bertz CT molecular complexity index is 1410. The van der Waals surface area contributed by atoms with Gasteiger partial charge in [0.15, 0.2) is 12.4 Å². The number of hydrazone groups is 1. The molecule has 0 atom stereocenters. The van der Waals surface area contributed by atoms with Gasteiger partial charge in [-0.3, -0.25) is 25.9 Å². The van der Waals surface area contributed by atoms with E-state index in [0.717, 1.165) is 12.1 Å². The summed E-state index contributed by atoms with van der Waals surface area (Å²) in [6.07, 6.45) is -2.72. The number of carbonyl (C=O) groups excluding carboxylic acids is 2. The summed E-state index contributed by atoms with van der Waals surface area (Å²) in [7, 11) is 0. The van der Waals surface area contributed by atoms with Crippen LogP contribution in [0.4, 0.5) is 18.9 Å². The minimum atomic E-state index is -4.48. The minimum Gasteiger partial charge on any atom is -0.482 e. The normalized spacial score (nSPS) is 14.1. The number of fused-ring (bicyclic) bond motifs is 1. The minimum absolute atomic E-state index is 0.0226. The van der Waals surface area contributed by atoms with E-state index in [4.69, 9.17) is 32.4 Å². The van der Waals surface area contributed by atoms with Crippen molar-refractivity contribution >= 4 is 46.4 Å². The molecule has 13 heteroatoms. The maximum Gasteiger partial charge on any atom is 0.416 e. The number of hydrazine groups is 1. The van der Waals surface area contributed by atoms with Gasteiger partial charge in [-0.2, -0.15) is 18.3 Å². The van der Waals surface area contributed by atoms with E-state index in [-0.39, 0.29) is 22.2 Å². The Labute approximate surface area is 225 Å². The molecule has 1 aliphatic rings. The lowest BCUT2D eigenvalue weighted by Crippen LogP contribution is -2.43. The highest BCUT2D eigenvalue weighted by molar-refractivity contribution is 6.35. The van der Waals surface area contributed by atoms with E-state index in [2.05, 4.69) is 21.4 Å². The first-order chi connectivity index (χ1) is 18.0. The predicted octanol–water partition coefficient (Wildman–Crippen LogP) is 5.91. The summed E-state index contributed by atoms with van der Waals surface area (Å²) in [5.74, 6) is -0.593. The van der Waals surface area contributed by atoms with Gasteiger partial charge in [0.1, 0.15) is 11.5 Å². The highest BCUT2D eigenvalue weighted by Gasteiger charge is 2.31. The maximum absolute atomic E-state index is 13.0. The molecule has 2 aromatic carbocycles. The number of rotatable bonds is 6. The van der Waals surface area contributed by atoms with Gasteiger partial charge in [0.05, 0.1) is 22.0 Å². The highest BCUT2D eigenvalue weighted by atomic mass is 35.5. The molecule has 38 heavy (non-hydrogen) atoms. The number of nitrogens with zero attached hydrogens (tertiary/aromatic N) is 1. The molecule has 0 bridgehead atoms. The number of anilines is 1. The fourth-order valence-corrected chi connectivity index (χ4v) is 4.31. The van der Waals surface area contributed by atoms with Gasteiger partial charge in [-0.05, 0) is 56.2 Å². The van der Waals surface area contributed by atoms with Crippen LogP contribution < -0.4 is 21.0 Å².